The minimum Gasteiger partial charge on any atom is -0.496 e. The van der Waals surface area contributed by atoms with Gasteiger partial charge in [-0.1, -0.05) is 44.6 Å². The molecule has 3 rings (SSSR count). The molecule has 1 aromatic carbocycles. The van der Waals surface area contributed by atoms with Crippen molar-refractivity contribution in [1.82, 2.24) is 9.55 Å². The number of thiazole rings is 2. The van der Waals surface area contributed by atoms with Crippen LogP contribution in [0.3, 0.4) is 0 Å². The number of thiocarbonyl (C=S) groups is 1. The monoisotopic (exact) mass is 437 g/mol. The minimum absolute atomic E-state index is 0.0254. The van der Waals surface area contributed by atoms with Crippen molar-refractivity contribution in [2.45, 2.75) is 32.7 Å². The van der Waals surface area contributed by atoms with E-state index in [2.05, 4.69) is 36.5 Å². The van der Waals surface area contributed by atoms with Crippen LogP contribution in [-0.2, 0) is 12.0 Å². The lowest BCUT2D eigenvalue weighted by atomic mass is 9.95. The third kappa shape index (κ3) is 4.85. The average Bonchev–Trinajstić information content (AvgIpc) is 3.25. The van der Waals surface area contributed by atoms with Crippen molar-refractivity contribution >= 4 is 51.5 Å². The van der Waals surface area contributed by atoms with Gasteiger partial charge in [0.2, 0.25) is 0 Å². The standard InChI is InChI=1S/C19H20ClN3OS3/c1-19(2,3)16-9-23(8-13-10-26-11-21-13)18(27-16)22-17(25)14-7-12(20)5-6-15(14)24-4/h5-7,9-11H,8H2,1-4H3/b22-18-. The van der Waals surface area contributed by atoms with Crippen molar-refractivity contribution in [3.05, 3.63) is 61.2 Å². The Morgan fingerprint density at radius 3 is 2.78 bits per heavy atom. The number of methoxy groups -OCH3 is 1. The highest BCUT2D eigenvalue weighted by Crippen LogP contribution is 2.26. The molecule has 2 aromatic heterocycles. The molecule has 0 fully saturated rings. The summed E-state index contributed by atoms with van der Waals surface area (Å²) in [6, 6.07) is 5.37. The zero-order chi connectivity index (χ0) is 19.6. The van der Waals surface area contributed by atoms with Crippen LogP contribution < -0.4 is 9.54 Å². The molecular weight excluding hydrogens is 418 g/mol. The van der Waals surface area contributed by atoms with E-state index < -0.39 is 0 Å². The Balaban J connectivity index is 2.07. The molecule has 0 N–H and O–H groups in total. The highest BCUT2D eigenvalue weighted by atomic mass is 35.5. The molecule has 0 aliphatic carbocycles. The van der Waals surface area contributed by atoms with E-state index in [1.165, 1.54) is 4.88 Å². The highest BCUT2D eigenvalue weighted by Gasteiger charge is 2.18. The normalized spacial score (nSPS) is 12.4. The number of benzene rings is 1. The molecule has 27 heavy (non-hydrogen) atoms. The molecule has 0 aliphatic rings. The summed E-state index contributed by atoms with van der Waals surface area (Å²) in [5.74, 6) is 0.659. The summed E-state index contributed by atoms with van der Waals surface area (Å²) >= 11 is 15.0. The topological polar surface area (TPSA) is 39.4 Å². The van der Waals surface area contributed by atoms with Gasteiger partial charge in [-0.15, -0.1) is 22.7 Å². The number of aromatic nitrogens is 2. The molecule has 8 heteroatoms. The van der Waals surface area contributed by atoms with Gasteiger partial charge in [0.05, 0.1) is 30.4 Å². The van der Waals surface area contributed by atoms with Gasteiger partial charge in [0.1, 0.15) is 10.7 Å². The first kappa shape index (κ1) is 20.2. The van der Waals surface area contributed by atoms with Gasteiger partial charge in [0, 0.05) is 21.5 Å². The van der Waals surface area contributed by atoms with Crippen molar-refractivity contribution in [2.75, 3.05) is 7.11 Å². The predicted molar refractivity (Wildman–Crippen MR) is 117 cm³/mol. The Morgan fingerprint density at radius 2 is 2.15 bits per heavy atom. The Kier molecular flexibility index (Phi) is 6.15. The molecule has 2 heterocycles. The van der Waals surface area contributed by atoms with Gasteiger partial charge in [-0.3, -0.25) is 0 Å². The summed E-state index contributed by atoms with van der Waals surface area (Å²) in [6.45, 7) is 7.22. The predicted octanol–water partition coefficient (Wildman–Crippen LogP) is 5.29. The average molecular weight is 438 g/mol. The lowest BCUT2D eigenvalue weighted by molar-refractivity contribution is 0.414. The van der Waals surface area contributed by atoms with Crippen molar-refractivity contribution < 1.29 is 4.74 Å². The Bertz CT molecular complexity index is 1010. The SMILES string of the molecule is COc1ccc(Cl)cc1C(=S)/N=c1\sc(C(C)(C)C)cn1Cc1cscn1. The maximum Gasteiger partial charge on any atom is 0.191 e. The minimum atomic E-state index is 0.0254. The Morgan fingerprint density at radius 1 is 1.37 bits per heavy atom. The van der Waals surface area contributed by atoms with Crippen LogP contribution in [0.1, 0.15) is 36.9 Å². The number of halogens is 1. The highest BCUT2D eigenvalue weighted by molar-refractivity contribution is 7.80. The summed E-state index contributed by atoms with van der Waals surface area (Å²) in [5.41, 5.74) is 3.58. The van der Waals surface area contributed by atoms with Crippen LogP contribution in [0.2, 0.25) is 5.02 Å². The summed E-state index contributed by atoms with van der Waals surface area (Å²) in [7, 11) is 1.61. The quantitative estimate of drug-likeness (QED) is 0.520. The van der Waals surface area contributed by atoms with Crippen LogP contribution in [0.25, 0.3) is 0 Å². The van der Waals surface area contributed by atoms with E-state index in [1.807, 2.05) is 10.9 Å². The summed E-state index contributed by atoms with van der Waals surface area (Å²) in [6.07, 6.45) is 2.14. The van der Waals surface area contributed by atoms with E-state index in [-0.39, 0.29) is 5.41 Å². The molecule has 0 aliphatic heterocycles. The van der Waals surface area contributed by atoms with Gasteiger partial charge >= 0.3 is 0 Å². The molecule has 0 radical (unpaired) electrons. The van der Waals surface area contributed by atoms with Gasteiger partial charge in [-0.25, -0.2) is 9.98 Å². The van der Waals surface area contributed by atoms with Crippen LogP contribution >= 0.6 is 46.5 Å². The Labute approximate surface area is 177 Å². The second kappa shape index (κ2) is 8.22. The van der Waals surface area contributed by atoms with Gasteiger partial charge in [0.25, 0.3) is 0 Å². The Hall–Kier alpha value is -1.54. The number of rotatable bonds is 4. The fourth-order valence-electron chi connectivity index (χ4n) is 2.41. The molecule has 0 spiro atoms. The lowest BCUT2D eigenvalue weighted by Gasteiger charge is -2.14. The smallest absolute Gasteiger partial charge is 0.191 e. The fourth-order valence-corrected chi connectivity index (χ4v) is 4.49. The van der Waals surface area contributed by atoms with Gasteiger partial charge < -0.3 is 9.30 Å². The third-order valence-electron chi connectivity index (χ3n) is 3.86. The van der Waals surface area contributed by atoms with Gasteiger partial charge in [-0.2, -0.15) is 0 Å². The third-order valence-corrected chi connectivity index (χ3v) is 6.49. The molecule has 0 saturated heterocycles. The second-order valence-electron chi connectivity index (χ2n) is 7.00. The van der Waals surface area contributed by atoms with Crippen molar-refractivity contribution in [3.8, 4) is 5.75 Å². The van der Waals surface area contributed by atoms with E-state index in [0.717, 1.165) is 10.5 Å². The second-order valence-corrected chi connectivity index (χ2v) is 9.55. The molecule has 142 valence electrons. The first-order valence-electron chi connectivity index (χ1n) is 8.28. The molecule has 3 aromatic rings. The van der Waals surface area contributed by atoms with Gasteiger partial charge in [0.15, 0.2) is 4.80 Å². The van der Waals surface area contributed by atoms with Crippen LogP contribution in [-0.4, -0.2) is 21.6 Å². The molecule has 0 unspecified atom stereocenters. The zero-order valence-electron chi connectivity index (χ0n) is 15.5. The maximum absolute atomic E-state index is 6.14. The van der Waals surface area contributed by atoms with E-state index >= 15 is 0 Å². The van der Waals surface area contributed by atoms with Crippen molar-refractivity contribution in [3.63, 3.8) is 0 Å². The van der Waals surface area contributed by atoms with Crippen molar-refractivity contribution in [1.29, 1.82) is 0 Å². The number of hydrogen-bond acceptors (Lipinski definition) is 5. The van der Waals surface area contributed by atoms with E-state index in [0.29, 0.717) is 27.9 Å². The fraction of sp³-hybridized carbons (Fsp3) is 0.316. The molecule has 0 amide bonds. The lowest BCUT2D eigenvalue weighted by Crippen LogP contribution is -2.17. The van der Waals surface area contributed by atoms with Gasteiger partial charge in [-0.05, 0) is 23.6 Å². The molecule has 4 nitrogen and oxygen atoms in total. The van der Waals surface area contributed by atoms with Crippen LogP contribution in [0, 0.1) is 0 Å². The van der Waals surface area contributed by atoms with Crippen LogP contribution in [0.5, 0.6) is 5.75 Å². The maximum atomic E-state index is 6.14. The number of ether oxygens (including phenoxy) is 1. The molecule has 0 atom stereocenters. The number of hydrogen-bond donors (Lipinski definition) is 0. The summed E-state index contributed by atoms with van der Waals surface area (Å²) < 4.78 is 7.52. The zero-order valence-corrected chi connectivity index (χ0v) is 18.7. The molecule has 0 saturated carbocycles. The molecule has 0 bridgehead atoms. The largest absolute Gasteiger partial charge is 0.496 e. The number of nitrogens with zero attached hydrogens (tertiary/aromatic N) is 3. The first-order valence-corrected chi connectivity index (χ1v) is 10.8. The summed E-state index contributed by atoms with van der Waals surface area (Å²) in [5, 5.41) is 2.64. The van der Waals surface area contributed by atoms with Crippen LogP contribution in [0.15, 0.2) is 40.3 Å². The first-order chi connectivity index (χ1) is 12.8. The summed E-state index contributed by atoms with van der Waals surface area (Å²) in [4.78, 5) is 11.6. The van der Waals surface area contributed by atoms with E-state index in [4.69, 9.17) is 33.5 Å². The molecular formula is C19H20ClN3OS3. The van der Waals surface area contributed by atoms with Crippen LogP contribution in [0.4, 0.5) is 0 Å². The van der Waals surface area contributed by atoms with Crippen molar-refractivity contribution in [2.24, 2.45) is 4.99 Å². The van der Waals surface area contributed by atoms with E-state index in [9.17, 15) is 0 Å². The van der Waals surface area contributed by atoms with E-state index in [1.54, 1.807) is 48.0 Å².